The number of hydrogen-bond acceptors (Lipinski definition) is 8. The monoisotopic (exact) mass is 367 g/mol. The molecule has 142 valence electrons. The molecule has 5 N–H and O–H groups in total. The Morgan fingerprint density at radius 3 is 2.54 bits per heavy atom. The predicted octanol–water partition coefficient (Wildman–Crippen LogP) is -0.444. The van der Waals surface area contributed by atoms with Gasteiger partial charge in [-0.1, -0.05) is 25.1 Å². The van der Waals surface area contributed by atoms with Crippen LogP contribution in [0.2, 0.25) is 0 Å². The minimum Gasteiger partial charge on any atom is -0.468 e. The van der Waals surface area contributed by atoms with Crippen molar-refractivity contribution in [3.05, 3.63) is 30.3 Å². The summed E-state index contributed by atoms with van der Waals surface area (Å²) < 4.78 is 5.25. The molecular weight excluding hydrogens is 346 g/mol. The van der Waals surface area contributed by atoms with Gasteiger partial charge in [0.15, 0.2) is 6.10 Å². The van der Waals surface area contributed by atoms with Crippen molar-refractivity contribution in [2.45, 2.75) is 37.7 Å². The van der Waals surface area contributed by atoms with E-state index in [2.05, 4.69) is 15.8 Å². The van der Waals surface area contributed by atoms with E-state index in [4.69, 9.17) is 9.57 Å². The minimum atomic E-state index is -1.50. The third kappa shape index (κ3) is 4.91. The van der Waals surface area contributed by atoms with Crippen LogP contribution in [0.3, 0.4) is 0 Å². The molecule has 0 spiro atoms. The molecule has 1 aromatic rings. The number of ether oxygens (including phenoxy) is 1. The Morgan fingerprint density at radius 2 is 1.92 bits per heavy atom. The molecule has 2 amide bonds. The highest BCUT2D eigenvalue weighted by Gasteiger charge is 2.44. The molecule has 4 atom stereocenters. The van der Waals surface area contributed by atoms with Crippen LogP contribution in [0.15, 0.2) is 35.5 Å². The van der Waals surface area contributed by atoms with E-state index in [1.165, 1.54) is 0 Å². The van der Waals surface area contributed by atoms with Gasteiger partial charge in [-0.3, -0.25) is 14.9 Å². The van der Waals surface area contributed by atoms with Crippen molar-refractivity contribution in [3.8, 4) is 0 Å². The van der Waals surface area contributed by atoms with Gasteiger partial charge in [-0.05, 0) is 17.3 Å². The van der Waals surface area contributed by atoms with Crippen LogP contribution < -0.4 is 10.6 Å². The third-order valence-electron chi connectivity index (χ3n) is 3.67. The van der Waals surface area contributed by atoms with E-state index in [9.17, 15) is 24.9 Å². The molecule has 1 aromatic carbocycles. The number of hydrogen-bond donors (Lipinski definition) is 5. The number of aliphatic hydroxyl groups excluding tert-OH is 3. The van der Waals surface area contributed by atoms with Crippen molar-refractivity contribution in [2.75, 3.05) is 11.9 Å². The number of nitrogens with zero attached hydrogens (tertiary/aromatic N) is 1. The molecule has 0 saturated carbocycles. The van der Waals surface area contributed by atoms with Gasteiger partial charge >= 0.3 is 6.09 Å². The van der Waals surface area contributed by atoms with Crippen LogP contribution in [0.4, 0.5) is 10.5 Å². The van der Waals surface area contributed by atoms with Gasteiger partial charge in [-0.15, -0.1) is 0 Å². The Morgan fingerprint density at radius 1 is 1.23 bits per heavy atom. The minimum absolute atomic E-state index is 0.116. The average Bonchev–Trinajstić information content (AvgIpc) is 2.65. The van der Waals surface area contributed by atoms with Crippen molar-refractivity contribution in [3.63, 3.8) is 0 Å². The Hall–Kier alpha value is -2.69. The van der Waals surface area contributed by atoms with Crippen LogP contribution in [0, 0.1) is 0 Å². The fourth-order valence-electron chi connectivity index (χ4n) is 2.26. The molecule has 26 heavy (non-hydrogen) atoms. The van der Waals surface area contributed by atoms with Gasteiger partial charge in [0.1, 0.15) is 18.2 Å². The maximum absolute atomic E-state index is 11.8. The van der Waals surface area contributed by atoms with E-state index in [1.807, 2.05) is 0 Å². The van der Waals surface area contributed by atoms with Gasteiger partial charge in [0.2, 0.25) is 5.91 Å². The number of carbonyl (C=O) groups is 2. The molecule has 10 nitrogen and oxygen atoms in total. The highest BCUT2D eigenvalue weighted by atomic mass is 16.7. The molecule has 0 bridgehead atoms. The highest BCUT2D eigenvalue weighted by Crippen LogP contribution is 2.18. The van der Waals surface area contributed by atoms with Crippen LogP contribution in [0.5, 0.6) is 0 Å². The Balaban J connectivity index is 2.11. The first-order chi connectivity index (χ1) is 12.5. The average molecular weight is 367 g/mol. The second-order valence-corrected chi connectivity index (χ2v) is 5.52. The number of para-hydroxylation sites is 1. The van der Waals surface area contributed by atoms with Gasteiger partial charge in [-0.25, -0.2) is 4.79 Å². The fourth-order valence-corrected chi connectivity index (χ4v) is 2.26. The summed E-state index contributed by atoms with van der Waals surface area (Å²) in [6, 6.07) is 7.24. The second kappa shape index (κ2) is 9.13. The summed E-state index contributed by atoms with van der Waals surface area (Å²) in [6.45, 7) is 0.987. The first-order valence-electron chi connectivity index (χ1n) is 8.00. The van der Waals surface area contributed by atoms with E-state index < -0.39 is 43.0 Å². The summed E-state index contributed by atoms with van der Waals surface area (Å²) in [5, 5.41) is 37.7. The van der Waals surface area contributed by atoms with Gasteiger partial charge in [0.05, 0.1) is 6.61 Å². The summed E-state index contributed by atoms with van der Waals surface area (Å²) in [6.07, 6.45) is -4.95. The van der Waals surface area contributed by atoms with E-state index in [0.717, 1.165) is 0 Å². The molecular formula is C16H21N3O7. The topological polar surface area (TPSA) is 150 Å². The second-order valence-electron chi connectivity index (χ2n) is 5.52. The first-order valence-corrected chi connectivity index (χ1v) is 8.00. The molecule has 1 aliphatic rings. The normalized spacial score (nSPS) is 26.7. The molecule has 1 aliphatic heterocycles. The van der Waals surface area contributed by atoms with E-state index in [0.29, 0.717) is 5.69 Å². The number of anilines is 1. The van der Waals surface area contributed by atoms with Crippen LogP contribution in [-0.4, -0.2) is 64.2 Å². The standard InChI is InChI=1S/C16H21N3O7/c1-2-11(21)18-12-14(23)13(22)10(8-20)25-15(12)19-26-16(24)17-9-6-4-3-5-7-9/h3-7,10,12-14,20,22-23H,2,8H2,1H3,(H,17,24)(H,18,21)/b19-15-/t10?,12?,13-,14?/m1/s1. The Labute approximate surface area is 149 Å². The van der Waals surface area contributed by atoms with Crippen molar-refractivity contribution in [2.24, 2.45) is 5.16 Å². The number of oxime groups is 1. The lowest BCUT2D eigenvalue weighted by molar-refractivity contribution is -0.127. The SMILES string of the molecule is CCC(=O)NC1/C(=N/OC(=O)Nc2ccccc2)OC(CO)[C@@H](O)C1O. The quantitative estimate of drug-likeness (QED) is 0.350. The summed E-state index contributed by atoms with van der Waals surface area (Å²) in [7, 11) is 0. The zero-order valence-electron chi connectivity index (χ0n) is 14.0. The molecule has 1 saturated heterocycles. The van der Waals surface area contributed by atoms with Crippen molar-refractivity contribution in [1.29, 1.82) is 0 Å². The molecule has 2 rings (SSSR count). The van der Waals surface area contributed by atoms with Crippen LogP contribution >= 0.6 is 0 Å². The lowest BCUT2D eigenvalue weighted by atomic mass is 9.97. The first kappa shape index (κ1) is 19.6. The van der Waals surface area contributed by atoms with Crippen LogP contribution in [0.25, 0.3) is 0 Å². The molecule has 1 fully saturated rings. The third-order valence-corrected chi connectivity index (χ3v) is 3.67. The molecule has 0 aromatic heterocycles. The Bertz CT molecular complexity index is 653. The lowest BCUT2D eigenvalue weighted by Crippen LogP contribution is -2.62. The summed E-state index contributed by atoms with van der Waals surface area (Å²) >= 11 is 0. The van der Waals surface area contributed by atoms with Crippen molar-refractivity contribution >= 4 is 23.6 Å². The summed E-state index contributed by atoms with van der Waals surface area (Å²) in [5.74, 6) is -0.777. The number of carbonyl (C=O) groups excluding carboxylic acids is 2. The summed E-state index contributed by atoms with van der Waals surface area (Å²) in [4.78, 5) is 28.1. The fraction of sp³-hybridized carbons (Fsp3) is 0.438. The maximum atomic E-state index is 11.8. The van der Waals surface area contributed by atoms with E-state index in [1.54, 1.807) is 37.3 Å². The zero-order valence-corrected chi connectivity index (χ0v) is 14.0. The van der Waals surface area contributed by atoms with E-state index >= 15 is 0 Å². The zero-order chi connectivity index (χ0) is 19.1. The molecule has 1 heterocycles. The van der Waals surface area contributed by atoms with Gasteiger partial charge in [0.25, 0.3) is 5.90 Å². The molecule has 10 heteroatoms. The number of aliphatic hydroxyl groups is 3. The number of nitrogens with one attached hydrogen (secondary N) is 2. The lowest BCUT2D eigenvalue weighted by Gasteiger charge is -2.37. The molecule has 0 radical (unpaired) electrons. The van der Waals surface area contributed by atoms with Gasteiger partial charge in [-0.2, -0.15) is 0 Å². The van der Waals surface area contributed by atoms with E-state index in [-0.39, 0.29) is 12.3 Å². The number of benzene rings is 1. The smallest absolute Gasteiger partial charge is 0.437 e. The van der Waals surface area contributed by atoms with Crippen molar-refractivity contribution < 1.29 is 34.5 Å². The largest absolute Gasteiger partial charge is 0.468 e. The van der Waals surface area contributed by atoms with Crippen LogP contribution in [0.1, 0.15) is 13.3 Å². The Kier molecular flexibility index (Phi) is 6.89. The summed E-state index contributed by atoms with van der Waals surface area (Å²) in [5.41, 5.74) is 0.474. The highest BCUT2D eigenvalue weighted by molar-refractivity contribution is 5.90. The predicted molar refractivity (Wildman–Crippen MR) is 90.2 cm³/mol. The molecule has 0 aliphatic carbocycles. The van der Waals surface area contributed by atoms with Gasteiger partial charge in [0, 0.05) is 12.1 Å². The van der Waals surface area contributed by atoms with Crippen LogP contribution in [-0.2, 0) is 14.4 Å². The number of amides is 2. The van der Waals surface area contributed by atoms with Crippen molar-refractivity contribution in [1.82, 2.24) is 5.32 Å². The molecule has 3 unspecified atom stereocenters. The maximum Gasteiger partial charge on any atom is 0.437 e. The van der Waals surface area contributed by atoms with Gasteiger partial charge < -0.3 is 25.4 Å². The number of rotatable bonds is 5.